The Bertz CT molecular complexity index is 1210. The first-order chi connectivity index (χ1) is 14.3. The molecule has 30 heavy (non-hydrogen) atoms. The molecule has 0 amide bonds. The summed E-state index contributed by atoms with van der Waals surface area (Å²) in [5.74, 6) is 0. The number of rotatable bonds is 6. The third-order valence-corrected chi connectivity index (χ3v) is 7.37. The zero-order valence-electron chi connectivity index (χ0n) is 17.2. The van der Waals surface area contributed by atoms with Crippen molar-refractivity contribution in [1.29, 1.82) is 0 Å². The minimum absolute atomic E-state index is 0.00429. The average molecular weight is 427 g/mol. The maximum atomic E-state index is 13.4. The van der Waals surface area contributed by atoms with Gasteiger partial charge >= 0.3 is 0 Å². The predicted molar refractivity (Wildman–Crippen MR) is 117 cm³/mol. The Kier molecular flexibility index (Phi) is 5.77. The standard InChI is InChI=1S/C23H26N2O4S/c1-16-11-17(2)21-13-18(23(26)24-22(21)12-16)14-25(15-19-7-6-10-29-19)30(27,28)20-8-4-3-5-9-20/h3-5,8-9,11-13,19H,6-7,10,14-15H2,1-2H3,(H,24,26)/t19-/m1/s1. The Labute approximate surface area is 176 Å². The molecule has 1 aliphatic rings. The zero-order valence-corrected chi connectivity index (χ0v) is 18.0. The van der Waals surface area contributed by atoms with Gasteiger partial charge in [-0.25, -0.2) is 8.42 Å². The number of aromatic nitrogens is 1. The van der Waals surface area contributed by atoms with E-state index in [2.05, 4.69) is 11.1 Å². The van der Waals surface area contributed by atoms with Crippen LogP contribution < -0.4 is 5.56 Å². The number of benzene rings is 2. The fourth-order valence-electron chi connectivity index (χ4n) is 4.03. The van der Waals surface area contributed by atoms with E-state index >= 15 is 0 Å². The van der Waals surface area contributed by atoms with Gasteiger partial charge in [-0.3, -0.25) is 4.79 Å². The number of fused-ring (bicyclic) bond motifs is 1. The van der Waals surface area contributed by atoms with Gasteiger partial charge in [0.05, 0.1) is 11.0 Å². The first-order valence-electron chi connectivity index (χ1n) is 10.1. The number of hydrogen-bond acceptors (Lipinski definition) is 4. The van der Waals surface area contributed by atoms with Gasteiger partial charge in [0.15, 0.2) is 0 Å². The summed E-state index contributed by atoms with van der Waals surface area (Å²) in [6, 6.07) is 14.1. The Morgan fingerprint density at radius 1 is 1.13 bits per heavy atom. The van der Waals surface area contributed by atoms with Crippen molar-refractivity contribution in [2.24, 2.45) is 0 Å². The van der Waals surface area contributed by atoms with Crippen molar-refractivity contribution < 1.29 is 13.2 Å². The Morgan fingerprint density at radius 3 is 2.60 bits per heavy atom. The van der Waals surface area contributed by atoms with E-state index in [0.29, 0.717) is 12.2 Å². The summed E-state index contributed by atoms with van der Waals surface area (Å²) in [5.41, 5.74) is 3.02. The third-order valence-electron chi connectivity index (χ3n) is 5.55. The molecular weight excluding hydrogens is 400 g/mol. The van der Waals surface area contributed by atoms with Crippen molar-refractivity contribution in [2.45, 2.75) is 44.2 Å². The van der Waals surface area contributed by atoms with E-state index in [0.717, 1.165) is 34.9 Å². The van der Waals surface area contributed by atoms with Gasteiger partial charge < -0.3 is 9.72 Å². The van der Waals surface area contributed by atoms with E-state index in [4.69, 9.17) is 4.74 Å². The predicted octanol–water partition coefficient (Wildman–Crippen LogP) is 3.51. The molecule has 2 aromatic carbocycles. The fourth-order valence-corrected chi connectivity index (χ4v) is 5.50. The lowest BCUT2D eigenvalue weighted by molar-refractivity contribution is 0.0925. The number of nitrogens with one attached hydrogen (secondary N) is 1. The second kappa shape index (κ2) is 8.34. The summed E-state index contributed by atoms with van der Waals surface area (Å²) in [4.78, 5) is 15.9. The van der Waals surface area contributed by atoms with Crippen LogP contribution in [0.2, 0.25) is 0 Å². The van der Waals surface area contributed by atoms with Crippen molar-refractivity contribution in [3.05, 3.63) is 75.6 Å². The molecule has 0 unspecified atom stereocenters. The number of pyridine rings is 1. The molecule has 1 fully saturated rings. The minimum atomic E-state index is -3.77. The molecule has 2 heterocycles. The number of sulfonamides is 1. The highest BCUT2D eigenvalue weighted by Gasteiger charge is 2.30. The van der Waals surface area contributed by atoms with E-state index in [1.165, 1.54) is 4.31 Å². The maximum Gasteiger partial charge on any atom is 0.252 e. The van der Waals surface area contributed by atoms with Gasteiger partial charge in [-0.2, -0.15) is 4.31 Å². The summed E-state index contributed by atoms with van der Waals surface area (Å²) < 4.78 is 33.8. The number of ether oxygens (including phenoxy) is 1. The highest BCUT2D eigenvalue weighted by Crippen LogP contribution is 2.23. The summed E-state index contributed by atoms with van der Waals surface area (Å²) in [7, 11) is -3.77. The summed E-state index contributed by atoms with van der Waals surface area (Å²) in [6.45, 7) is 4.83. The van der Waals surface area contributed by atoms with Crippen LogP contribution >= 0.6 is 0 Å². The first-order valence-corrected chi connectivity index (χ1v) is 11.6. The normalized spacial score (nSPS) is 17.1. The SMILES string of the molecule is Cc1cc(C)c2cc(CN(C[C@H]3CCCO3)S(=O)(=O)c3ccccc3)c(=O)[nH]c2c1. The highest BCUT2D eigenvalue weighted by molar-refractivity contribution is 7.89. The second-order valence-corrected chi connectivity index (χ2v) is 9.85. The van der Waals surface area contributed by atoms with Crippen molar-refractivity contribution >= 4 is 20.9 Å². The van der Waals surface area contributed by atoms with Crippen LogP contribution in [-0.4, -0.2) is 37.0 Å². The van der Waals surface area contributed by atoms with E-state index in [-0.39, 0.29) is 29.6 Å². The van der Waals surface area contributed by atoms with Crippen LogP contribution in [0.4, 0.5) is 0 Å². The van der Waals surface area contributed by atoms with Crippen molar-refractivity contribution in [2.75, 3.05) is 13.2 Å². The van der Waals surface area contributed by atoms with Gasteiger partial charge in [-0.05, 0) is 62.1 Å². The van der Waals surface area contributed by atoms with Crippen LogP contribution in [0, 0.1) is 13.8 Å². The molecule has 0 bridgehead atoms. The van der Waals surface area contributed by atoms with E-state index in [9.17, 15) is 13.2 Å². The van der Waals surface area contributed by atoms with Crippen LogP contribution in [0.5, 0.6) is 0 Å². The Balaban J connectivity index is 1.75. The molecule has 158 valence electrons. The second-order valence-electron chi connectivity index (χ2n) is 7.91. The molecule has 7 heteroatoms. The summed E-state index contributed by atoms with van der Waals surface area (Å²) in [6.07, 6.45) is 1.57. The smallest absolute Gasteiger partial charge is 0.252 e. The Morgan fingerprint density at radius 2 is 1.90 bits per heavy atom. The molecule has 4 rings (SSSR count). The van der Waals surface area contributed by atoms with Crippen molar-refractivity contribution in [3.8, 4) is 0 Å². The van der Waals surface area contributed by atoms with Crippen LogP contribution in [-0.2, 0) is 21.3 Å². The number of nitrogens with zero attached hydrogens (tertiary/aromatic N) is 1. The highest BCUT2D eigenvalue weighted by atomic mass is 32.2. The molecular formula is C23H26N2O4S. The van der Waals surface area contributed by atoms with E-state index in [1.54, 1.807) is 30.3 Å². The summed E-state index contributed by atoms with van der Waals surface area (Å²) >= 11 is 0. The van der Waals surface area contributed by atoms with Crippen molar-refractivity contribution in [1.82, 2.24) is 9.29 Å². The third kappa shape index (κ3) is 4.19. The van der Waals surface area contributed by atoms with Crippen LogP contribution in [0.3, 0.4) is 0 Å². The number of aryl methyl sites for hydroxylation is 2. The average Bonchev–Trinajstić information content (AvgIpc) is 3.22. The number of aromatic amines is 1. The largest absolute Gasteiger partial charge is 0.377 e. The molecule has 1 N–H and O–H groups in total. The number of H-pyrrole nitrogens is 1. The Hall–Kier alpha value is -2.48. The molecule has 6 nitrogen and oxygen atoms in total. The maximum absolute atomic E-state index is 13.4. The van der Waals surface area contributed by atoms with Gasteiger partial charge in [0, 0.05) is 36.2 Å². The molecule has 1 aromatic heterocycles. The van der Waals surface area contributed by atoms with Gasteiger partial charge in [0.25, 0.3) is 5.56 Å². The molecule has 0 radical (unpaired) electrons. The topological polar surface area (TPSA) is 79.5 Å². The molecule has 0 saturated carbocycles. The lowest BCUT2D eigenvalue weighted by atomic mass is 10.0. The summed E-state index contributed by atoms with van der Waals surface area (Å²) in [5, 5.41) is 0.921. The zero-order chi connectivity index (χ0) is 21.3. The molecule has 1 atom stereocenters. The molecule has 1 aliphatic heterocycles. The van der Waals surface area contributed by atoms with Gasteiger partial charge in [-0.1, -0.05) is 24.3 Å². The number of hydrogen-bond donors (Lipinski definition) is 1. The monoisotopic (exact) mass is 426 g/mol. The lowest BCUT2D eigenvalue weighted by Crippen LogP contribution is -2.38. The van der Waals surface area contributed by atoms with E-state index < -0.39 is 10.0 Å². The minimum Gasteiger partial charge on any atom is -0.377 e. The van der Waals surface area contributed by atoms with Crippen LogP contribution in [0.15, 0.2) is 58.2 Å². The van der Waals surface area contributed by atoms with Gasteiger partial charge in [-0.15, -0.1) is 0 Å². The molecule has 0 spiro atoms. The molecule has 0 aliphatic carbocycles. The lowest BCUT2D eigenvalue weighted by Gasteiger charge is -2.25. The van der Waals surface area contributed by atoms with Crippen LogP contribution in [0.1, 0.15) is 29.5 Å². The molecule has 3 aromatic rings. The van der Waals surface area contributed by atoms with E-state index in [1.807, 2.05) is 26.0 Å². The quantitative estimate of drug-likeness (QED) is 0.654. The van der Waals surface area contributed by atoms with Crippen LogP contribution in [0.25, 0.3) is 10.9 Å². The first kappa shape index (κ1) is 20.8. The van der Waals surface area contributed by atoms with Gasteiger partial charge in [0.2, 0.25) is 10.0 Å². The molecule has 1 saturated heterocycles. The fraction of sp³-hybridized carbons (Fsp3) is 0.348. The van der Waals surface area contributed by atoms with Gasteiger partial charge in [0.1, 0.15) is 0 Å². The van der Waals surface area contributed by atoms with Crippen molar-refractivity contribution in [3.63, 3.8) is 0 Å².